The maximum Gasteiger partial charge on any atom is 0.263 e. The molecule has 0 saturated heterocycles. The van der Waals surface area contributed by atoms with E-state index < -0.39 is 20.9 Å². The molecule has 1 aromatic heterocycles. The summed E-state index contributed by atoms with van der Waals surface area (Å²) in [4.78, 5) is 5.54. The van der Waals surface area contributed by atoms with Gasteiger partial charge >= 0.3 is 0 Å². The third-order valence-electron chi connectivity index (χ3n) is 2.58. The van der Waals surface area contributed by atoms with Crippen molar-refractivity contribution >= 4 is 10.0 Å². The summed E-state index contributed by atoms with van der Waals surface area (Å²) in [6.07, 6.45) is 1.95. The predicted octanol–water partition coefficient (Wildman–Crippen LogP) is 1.18. The van der Waals surface area contributed by atoms with E-state index in [-0.39, 0.29) is 0 Å². The monoisotopic (exact) mass is 289 g/mol. The van der Waals surface area contributed by atoms with Crippen LogP contribution in [0.15, 0.2) is 23.4 Å². The largest absolute Gasteiger partial charge is 0.308 e. The zero-order chi connectivity index (χ0) is 14.5. The lowest BCUT2D eigenvalue weighted by atomic mass is 10.4. The van der Waals surface area contributed by atoms with Gasteiger partial charge in [0, 0.05) is 25.8 Å². The Labute approximate surface area is 114 Å². The van der Waals surface area contributed by atoms with Gasteiger partial charge < -0.3 is 4.90 Å². The van der Waals surface area contributed by atoms with Gasteiger partial charge in [0.15, 0.2) is 5.82 Å². The van der Waals surface area contributed by atoms with Gasteiger partial charge in [0.25, 0.3) is 10.0 Å². The van der Waals surface area contributed by atoms with Crippen LogP contribution < -0.4 is 0 Å². The summed E-state index contributed by atoms with van der Waals surface area (Å²) >= 11 is 0. The summed E-state index contributed by atoms with van der Waals surface area (Å²) in [5, 5.41) is -0.498. The molecule has 0 fully saturated rings. The van der Waals surface area contributed by atoms with E-state index in [4.69, 9.17) is 0 Å². The van der Waals surface area contributed by atoms with E-state index in [0.29, 0.717) is 26.1 Å². The second-order valence-corrected chi connectivity index (χ2v) is 6.35. The molecule has 0 N–H and O–H groups in total. The first-order valence-electron chi connectivity index (χ1n) is 6.15. The molecule has 0 aromatic carbocycles. The van der Waals surface area contributed by atoms with Crippen molar-refractivity contribution in [3.63, 3.8) is 0 Å². The molecule has 5 nitrogen and oxygen atoms in total. The van der Waals surface area contributed by atoms with E-state index in [1.54, 1.807) is 0 Å². The van der Waals surface area contributed by atoms with Crippen LogP contribution >= 0.6 is 0 Å². The topological polar surface area (TPSA) is 53.5 Å². The highest BCUT2D eigenvalue weighted by molar-refractivity contribution is 7.89. The maximum atomic E-state index is 13.6. The molecule has 19 heavy (non-hydrogen) atoms. The second-order valence-electron chi connectivity index (χ2n) is 4.50. The van der Waals surface area contributed by atoms with E-state index >= 15 is 0 Å². The molecule has 0 aliphatic carbocycles. The quantitative estimate of drug-likeness (QED) is 0.756. The normalized spacial score (nSPS) is 12.3. The molecular formula is C12H20FN3O2S. The number of rotatable bonds is 7. The van der Waals surface area contributed by atoms with Gasteiger partial charge in [-0.25, -0.2) is 17.8 Å². The molecule has 1 heterocycles. The van der Waals surface area contributed by atoms with Crippen molar-refractivity contribution in [2.45, 2.75) is 18.4 Å². The van der Waals surface area contributed by atoms with E-state index in [1.165, 1.54) is 16.6 Å². The average Bonchev–Trinajstić information content (AvgIpc) is 2.34. The van der Waals surface area contributed by atoms with Gasteiger partial charge in [0.1, 0.15) is 0 Å². The van der Waals surface area contributed by atoms with Crippen LogP contribution in [-0.4, -0.2) is 56.3 Å². The van der Waals surface area contributed by atoms with E-state index in [1.807, 2.05) is 25.9 Å². The summed E-state index contributed by atoms with van der Waals surface area (Å²) in [5.41, 5.74) is 0. The van der Waals surface area contributed by atoms with Crippen molar-refractivity contribution in [3.8, 4) is 0 Å². The molecule has 0 unspecified atom stereocenters. The maximum absolute atomic E-state index is 13.6. The minimum atomic E-state index is -3.87. The molecule has 1 aromatic rings. The smallest absolute Gasteiger partial charge is 0.263 e. The highest BCUT2D eigenvalue weighted by atomic mass is 32.2. The molecule has 0 aliphatic heterocycles. The van der Waals surface area contributed by atoms with Crippen LogP contribution in [0.25, 0.3) is 0 Å². The van der Waals surface area contributed by atoms with Crippen LogP contribution in [0.4, 0.5) is 4.39 Å². The number of aromatic nitrogens is 1. The standard InChI is InChI=1S/C12H20FN3O2S/c1-4-8-16(10-9-15(2)3)19(17,18)12-11(13)6-5-7-14-12/h5-7H,4,8-10H2,1-3H3. The molecule has 1 rings (SSSR count). The van der Waals surface area contributed by atoms with Crippen molar-refractivity contribution in [2.75, 3.05) is 33.7 Å². The first kappa shape index (κ1) is 16.0. The fourth-order valence-corrected chi connectivity index (χ4v) is 3.09. The summed E-state index contributed by atoms with van der Waals surface area (Å²) in [6.45, 7) is 3.13. The van der Waals surface area contributed by atoms with Crippen LogP contribution in [0.5, 0.6) is 0 Å². The average molecular weight is 289 g/mol. The van der Waals surface area contributed by atoms with E-state index in [2.05, 4.69) is 4.98 Å². The Hall–Kier alpha value is -1.05. The minimum absolute atomic E-state index is 0.319. The summed E-state index contributed by atoms with van der Waals surface area (Å²) in [5.74, 6) is -0.812. The van der Waals surface area contributed by atoms with Crippen LogP contribution in [0.1, 0.15) is 13.3 Å². The SMILES string of the molecule is CCCN(CCN(C)C)S(=O)(=O)c1ncccc1F. The number of sulfonamides is 1. The molecule has 7 heteroatoms. The van der Waals surface area contributed by atoms with Gasteiger partial charge in [-0.15, -0.1) is 0 Å². The Balaban J connectivity index is 3.03. The number of hydrogen-bond donors (Lipinski definition) is 0. The molecule has 0 saturated carbocycles. The number of pyridine rings is 1. The van der Waals surface area contributed by atoms with Gasteiger partial charge in [-0.05, 0) is 32.6 Å². The molecule has 0 bridgehead atoms. The molecule has 0 spiro atoms. The van der Waals surface area contributed by atoms with Crippen molar-refractivity contribution in [1.82, 2.24) is 14.2 Å². The molecule has 0 aliphatic rings. The molecule has 0 amide bonds. The van der Waals surface area contributed by atoms with Crippen LogP contribution in [0.2, 0.25) is 0 Å². The number of nitrogens with zero attached hydrogens (tertiary/aromatic N) is 3. The van der Waals surface area contributed by atoms with Gasteiger partial charge in [-0.3, -0.25) is 0 Å². The summed E-state index contributed by atoms with van der Waals surface area (Å²) < 4.78 is 39.6. The fraction of sp³-hybridized carbons (Fsp3) is 0.583. The third kappa shape index (κ3) is 4.22. The highest BCUT2D eigenvalue weighted by Crippen LogP contribution is 2.16. The molecule has 0 radical (unpaired) electrons. The number of likely N-dealkylation sites (N-methyl/N-ethyl adjacent to an activating group) is 1. The van der Waals surface area contributed by atoms with E-state index in [0.717, 1.165) is 6.07 Å². The Kier molecular flexibility index (Phi) is 5.84. The van der Waals surface area contributed by atoms with Crippen LogP contribution in [0.3, 0.4) is 0 Å². The van der Waals surface area contributed by atoms with Gasteiger partial charge in [-0.1, -0.05) is 6.92 Å². The second kappa shape index (κ2) is 6.93. The third-order valence-corrected chi connectivity index (χ3v) is 4.41. The summed E-state index contributed by atoms with van der Waals surface area (Å²) in [6, 6.07) is 2.48. The van der Waals surface area contributed by atoms with Crippen LogP contribution in [-0.2, 0) is 10.0 Å². The zero-order valence-electron chi connectivity index (χ0n) is 11.5. The Bertz CT molecular complexity index is 505. The van der Waals surface area contributed by atoms with Crippen LogP contribution in [0, 0.1) is 5.82 Å². The molecular weight excluding hydrogens is 269 g/mol. The van der Waals surface area contributed by atoms with Crippen molar-refractivity contribution in [3.05, 3.63) is 24.1 Å². The van der Waals surface area contributed by atoms with Gasteiger partial charge in [0.2, 0.25) is 5.03 Å². The Morgan fingerprint density at radius 2 is 1.95 bits per heavy atom. The zero-order valence-corrected chi connectivity index (χ0v) is 12.3. The fourth-order valence-electron chi connectivity index (χ4n) is 1.60. The van der Waals surface area contributed by atoms with Crippen molar-refractivity contribution < 1.29 is 12.8 Å². The number of hydrogen-bond acceptors (Lipinski definition) is 4. The lowest BCUT2D eigenvalue weighted by Crippen LogP contribution is -2.38. The lowest BCUT2D eigenvalue weighted by Gasteiger charge is -2.22. The first-order chi connectivity index (χ1) is 8.89. The first-order valence-corrected chi connectivity index (χ1v) is 7.59. The van der Waals surface area contributed by atoms with Gasteiger partial charge in [0.05, 0.1) is 0 Å². The van der Waals surface area contributed by atoms with Gasteiger partial charge in [-0.2, -0.15) is 4.31 Å². The predicted molar refractivity (Wildman–Crippen MR) is 71.8 cm³/mol. The minimum Gasteiger partial charge on any atom is -0.308 e. The van der Waals surface area contributed by atoms with Crippen molar-refractivity contribution in [1.29, 1.82) is 0 Å². The van der Waals surface area contributed by atoms with E-state index in [9.17, 15) is 12.8 Å². The lowest BCUT2D eigenvalue weighted by molar-refractivity contribution is 0.331. The molecule has 0 atom stereocenters. The highest BCUT2D eigenvalue weighted by Gasteiger charge is 2.27. The number of halogens is 1. The summed E-state index contributed by atoms with van der Waals surface area (Å²) in [7, 11) is -0.151. The Morgan fingerprint density at radius 3 is 2.47 bits per heavy atom. The van der Waals surface area contributed by atoms with Crippen molar-refractivity contribution in [2.24, 2.45) is 0 Å². The molecule has 108 valence electrons. The Morgan fingerprint density at radius 1 is 1.26 bits per heavy atom.